The molecule has 2 unspecified atom stereocenters. The monoisotopic (exact) mass is 302 g/mol. The van der Waals surface area contributed by atoms with Gasteiger partial charge in [-0.15, -0.1) is 0 Å². The summed E-state index contributed by atoms with van der Waals surface area (Å²) in [5.41, 5.74) is 1.29. The summed E-state index contributed by atoms with van der Waals surface area (Å²) in [4.78, 5) is 13.8. The molecule has 1 heterocycles. The van der Waals surface area contributed by atoms with E-state index in [1.807, 2.05) is 11.0 Å². The molecule has 2 atom stereocenters. The van der Waals surface area contributed by atoms with Crippen molar-refractivity contribution in [2.45, 2.75) is 38.3 Å². The Hall–Kier alpha value is -1.55. The lowest BCUT2D eigenvalue weighted by Crippen LogP contribution is -2.51. The predicted octanol–water partition coefficient (Wildman–Crippen LogP) is 3.03. The summed E-state index contributed by atoms with van der Waals surface area (Å²) in [5.74, 6) is 1.51. The second-order valence-electron chi connectivity index (χ2n) is 6.72. The lowest BCUT2D eigenvalue weighted by molar-refractivity contribution is 0.0877. The first-order valence-corrected chi connectivity index (χ1v) is 8.35. The topological polar surface area (TPSA) is 41.6 Å². The second-order valence-corrected chi connectivity index (χ2v) is 6.72. The van der Waals surface area contributed by atoms with Crippen molar-refractivity contribution in [3.63, 3.8) is 0 Å². The van der Waals surface area contributed by atoms with E-state index in [4.69, 9.17) is 4.74 Å². The third kappa shape index (κ3) is 4.23. The van der Waals surface area contributed by atoms with E-state index in [0.29, 0.717) is 12.0 Å². The van der Waals surface area contributed by atoms with Crippen LogP contribution in [0, 0.1) is 11.8 Å². The highest BCUT2D eigenvalue weighted by Crippen LogP contribution is 2.37. The van der Waals surface area contributed by atoms with Gasteiger partial charge in [0.05, 0.1) is 7.11 Å². The van der Waals surface area contributed by atoms with Crippen molar-refractivity contribution in [1.82, 2.24) is 10.2 Å². The highest BCUT2D eigenvalue weighted by atomic mass is 16.5. The number of nitrogens with zero attached hydrogens (tertiary/aromatic N) is 1. The molecule has 2 aliphatic rings. The number of carbonyl (C=O) groups is 1. The largest absolute Gasteiger partial charge is 0.453 e. The molecule has 0 spiro atoms. The Morgan fingerprint density at radius 3 is 2.68 bits per heavy atom. The van der Waals surface area contributed by atoms with E-state index in [1.165, 1.54) is 31.9 Å². The smallest absolute Gasteiger partial charge is 0.409 e. The van der Waals surface area contributed by atoms with Gasteiger partial charge in [-0.1, -0.05) is 43.2 Å². The molecule has 1 aromatic carbocycles. The minimum absolute atomic E-state index is 0.188. The zero-order chi connectivity index (χ0) is 15.4. The SMILES string of the molecule is COC(=O)N1CC(CC2CC2)CC(NCc2ccccc2)C1. The summed E-state index contributed by atoms with van der Waals surface area (Å²) < 4.78 is 4.93. The van der Waals surface area contributed by atoms with Gasteiger partial charge in [0, 0.05) is 25.7 Å². The Bertz CT molecular complexity index is 487. The molecule has 0 aromatic heterocycles. The molecule has 0 radical (unpaired) electrons. The number of nitrogens with one attached hydrogen (secondary N) is 1. The summed E-state index contributed by atoms with van der Waals surface area (Å²) in [6.45, 7) is 2.46. The van der Waals surface area contributed by atoms with E-state index in [1.54, 1.807) is 0 Å². The fraction of sp³-hybridized carbons (Fsp3) is 0.611. The van der Waals surface area contributed by atoms with Crippen molar-refractivity contribution in [3.8, 4) is 0 Å². The van der Waals surface area contributed by atoms with Crippen LogP contribution in [0.5, 0.6) is 0 Å². The number of benzene rings is 1. The number of ether oxygens (including phenoxy) is 1. The van der Waals surface area contributed by atoms with E-state index in [2.05, 4.69) is 29.6 Å². The first-order valence-electron chi connectivity index (χ1n) is 8.35. The average molecular weight is 302 g/mol. The van der Waals surface area contributed by atoms with Crippen molar-refractivity contribution in [1.29, 1.82) is 0 Å². The molecule has 22 heavy (non-hydrogen) atoms. The first kappa shape index (κ1) is 15.3. The molecule has 1 aliphatic heterocycles. The maximum atomic E-state index is 11.9. The van der Waals surface area contributed by atoms with Crippen LogP contribution in [0.4, 0.5) is 4.79 Å². The van der Waals surface area contributed by atoms with E-state index in [9.17, 15) is 4.79 Å². The number of piperidine rings is 1. The van der Waals surface area contributed by atoms with Crippen LogP contribution in [0.25, 0.3) is 0 Å². The zero-order valence-corrected chi connectivity index (χ0v) is 13.3. The molecule has 2 fully saturated rings. The van der Waals surface area contributed by atoms with Gasteiger partial charge in [0.25, 0.3) is 0 Å². The van der Waals surface area contributed by atoms with Crippen LogP contribution in [0.2, 0.25) is 0 Å². The Morgan fingerprint density at radius 2 is 2.00 bits per heavy atom. The number of rotatable bonds is 5. The van der Waals surface area contributed by atoms with E-state index in [0.717, 1.165) is 32.0 Å². The molecule has 120 valence electrons. The lowest BCUT2D eigenvalue weighted by Gasteiger charge is -2.37. The number of carbonyl (C=O) groups excluding carboxylic acids is 1. The minimum Gasteiger partial charge on any atom is -0.453 e. The maximum absolute atomic E-state index is 11.9. The Balaban J connectivity index is 1.57. The summed E-state index contributed by atoms with van der Waals surface area (Å²) in [6, 6.07) is 10.8. The molecule has 0 bridgehead atoms. The molecule has 1 N–H and O–H groups in total. The van der Waals surface area contributed by atoms with Crippen molar-refractivity contribution in [2.24, 2.45) is 11.8 Å². The average Bonchev–Trinajstić information content (AvgIpc) is 3.37. The van der Waals surface area contributed by atoms with Gasteiger partial charge in [-0.25, -0.2) is 4.79 Å². The van der Waals surface area contributed by atoms with Crippen molar-refractivity contribution in [3.05, 3.63) is 35.9 Å². The molecule has 1 amide bonds. The maximum Gasteiger partial charge on any atom is 0.409 e. The van der Waals surface area contributed by atoms with Crippen LogP contribution in [0.15, 0.2) is 30.3 Å². The molecule has 1 saturated heterocycles. The summed E-state index contributed by atoms with van der Waals surface area (Å²) in [7, 11) is 1.47. The van der Waals surface area contributed by atoms with Gasteiger partial charge in [0.1, 0.15) is 0 Å². The van der Waals surface area contributed by atoms with E-state index < -0.39 is 0 Å². The number of hydrogen-bond donors (Lipinski definition) is 1. The summed E-state index contributed by atoms with van der Waals surface area (Å²) in [6.07, 6.45) is 4.98. The molecule has 3 rings (SSSR count). The van der Waals surface area contributed by atoms with Crippen LogP contribution >= 0.6 is 0 Å². The predicted molar refractivity (Wildman–Crippen MR) is 86.5 cm³/mol. The number of amides is 1. The van der Waals surface area contributed by atoms with E-state index >= 15 is 0 Å². The Morgan fingerprint density at radius 1 is 1.23 bits per heavy atom. The summed E-state index contributed by atoms with van der Waals surface area (Å²) in [5, 5.41) is 3.62. The zero-order valence-electron chi connectivity index (χ0n) is 13.3. The van der Waals surface area contributed by atoms with Gasteiger partial charge in [-0.2, -0.15) is 0 Å². The first-order chi connectivity index (χ1) is 10.7. The fourth-order valence-electron chi connectivity index (χ4n) is 3.48. The number of hydrogen-bond acceptors (Lipinski definition) is 3. The van der Waals surface area contributed by atoms with Gasteiger partial charge < -0.3 is 15.0 Å². The Kier molecular flexibility index (Phi) is 4.98. The highest BCUT2D eigenvalue weighted by Gasteiger charge is 2.34. The standard InChI is InChI=1S/C18H26N2O2/c1-22-18(21)20-12-16(9-14-7-8-14)10-17(13-20)19-11-15-5-3-2-4-6-15/h2-6,14,16-17,19H,7-13H2,1H3. The number of methoxy groups -OCH3 is 1. The van der Waals surface area contributed by atoms with Crippen molar-refractivity contribution >= 4 is 6.09 Å². The molecule has 4 nitrogen and oxygen atoms in total. The van der Waals surface area contributed by atoms with Crippen LogP contribution in [0.3, 0.4) is 0 Å². The minimum atomic E-state index is -0.188. The van der Waals surface area contributed by atoms with Crippen molar-refractivity contribution < 1.29 is 9.53 Å². The molecule has 1 aromatic rings. The van der Waals surface area contributed by atoms with Gasteiger partial charge in [0.15, 0.2) is 0 Å². The second kappa shape index (κ2) is 7.14. The van der Waals surface area contributed by atoms with E-state index in [-0.39, 0.29) is 6.09 Å². The third-order valence-electron chi connectivity index (χ3n) is 4.77. The van der Waals surface area contributed by atoms with Crippen molar-refractivity contribution in [2.75, 3.05) is 20.2 Å². The van der Waals surface area contributed by atoms with Gasteiger partial charge in [-0.3, -0.25) is 0 Å². The lowest BCUT2D eigenvalue weighted by atomic mass is 9.90. The fourth-order valence-corrected chi connectivity index (χ4v) is 3.48. The highest BCUT2D eigenvalue weighted by molar-refractivity contribution is 5.67. The quantitative estimate of drug-likeness (QED) is 0.909. The van der Waals surface area contributed by atoms with Crippen LogP contribution in [-0.4, -0.2) is 37.2 Å². The third-order valence-corrected chi connectivity index (χ3v) is 4.77. The molecular formula is C18H26N2O2. The van der Waals surface area contributed by atoms with Gasteiger partial charge in [-0.05, 0) is 30.2 Å². The molecular weight excluding hydrogens is 276 g/mol. The molecule has 1 aliphatic carbocycles. The number of likely N-dealkylation sites (tertiary alicyclic amines) is 1. The van der Waals surface area contributed by atoms with Crippen LogP contribution in [-0.2, 0) is 11.3 Å². The Labute approximate surface area is 132 Å². The summed E-state index contributed by atoms with van der Waals surface area (Å²) >= 11 is 0. The molecule has 4 heteroatoms. The van der Waals surface area contributed by atoms with Crippen LogP contribution in [0.1, 0.15) is 31.2 Å². The van der Waals surface area contributed by atoms with Crippen LogP contribution < -0.4 is 5.32 Å². The van der Waals surface area contributed by atoms with Gasteiger partial charge >= 0.3 is 6.09 Å². The molecule has 1 saturated carbocycles. The normalized spacial score (nSPS) is 25.0. The van der Waals surface area contributed by atoms with Gasteiger partial charge in [0.2, 0.25) is 0 Å².